The molecule has 0 fully saturated rings. The number of rotatable bonds is 3. The molecule has 0 saturated carbocycles. The minimum absolute atomic E-state index is 0.147. The standard InChI is InChI=1S/C8H12N2O3/c1-6(2)5-12-8(11)13-7-9-3-4-10-7/h3-4,6H,5H2,1-2H3,(H,9,10). The summed E-state index contributed by atoms with van der Waals surface area (Å²) >= 11 is 0. The third-order valence-electron chi connectivity index (χ3n) is 1.19. The summed E-state index contributed by atoms with van der Waals surface area (Å²) in [5.41, 5.74) is 0. The molecule has 1 aromatic rings. The van der Waals surface area contributed by atoms with Gasteiger partial charge in [0.05, 0.1) is 6.61 Å². The molecule has 0 amide bonds. The molecule has 5 nitrogen and oxygen atoms in total. The Labute approximate surface area is 76.1 Å². The van der Waals surface area contributed by atoms with E-state index in [9.17, 15) is 4.79 Å². The first-order valence-corrected chi connectivity index (χ1v) is 4.02. The van der Waals surface area contributed by atoms with E-state index in [4.69, 9.17) is 4.74 Å². The Hall–Kier alpha value is -1.52. The van der Waals surface area contributed by atoms with Gasteiger partial charge < -0.3 is 14.5 Å². The van der Waals surface area contributed by atoms with Crippen molar-refractivity contribution in [2.45, 2.75) is 13.8 Å². The van der Waals surface area contributed by atoms with Gasteiger partial charge in [-0.15, -0.1) is 0 Å². The number of imidazole rings is 1. The Morgan fingerprint density at radius 3 is 3.00 bits per heavy atom. The van der Waals surface area contributed by atoms with Crippen LogP contribution in [-0.4, -0.2) is 22.7 Å². The van der Waals surface area contributed by atoms with Crippen LogP contribution in [0.3, 0.4) is 0 Å². The molecule has 1 aromatic heterocycles. The maximum atomic E-state index is 10.9. The monoisotopic (exact) mass is 184 g/mol. The van der Waals surface area contributed by atoms with Crippen molar-refractivity contribution < 1.29 is 14.3 Å². The van der Waals surface area contributed by atoms with E-state index in [1.165, 1.54) is 6.20 Å². The van der Waals surface area contributed by atoms with Gasteiger partial charge in [0.25, 0.3) is 0 Å². The predicted molar refractivity (Wildman–Crippen MR) is 45.4 cm³/mol. The molecular weight excluding hydrogens is 172 g/mol. The zero-order chi connectivity index (χ0) is 9.68. The highest BCUT2D eigenvalue weighted by molar-refractivity contribution is 5.62. The van der Waals surface area contributed by atoms with E-state index in [1.54, 1.807) is 6.20 Å². The molecule has 0 spiro atoms. The minimum atomic E-state index is -0.733. The van der Waals surface area contributed by atoms with Gasteiger partial charge in [-0.1, -0.05) is 13.8 Å². The van der Waals surface area contributed by atoms with E-state index >= 15 is 0 Å². The molecule has 0 unspecified atom stereocenters. The molecule has 0 aliphatic rings. The molecule has 0 saturated heterocycles. The lowest BCUT2D eigenvalue weighted by molar-refractivity contribution is 0.0858. The molecule has 0 atom stereocenters. The third kappa shape index (κ3) is 3.59. The summed E-state index contributed by atoms with van der Waals surface area (Å²) in [6, 6.07) is 0.147. The third-order valence-corrected chi connectivity index (χ3v) is 1.19. The Balaban J connectivity index is 2.26. The van der Waals surface area contributed by atoms with Gasteiger partial charge in [0.2, 0.25) is 0 Å². The Kier molecular flexibility index (Phi) is 3.31. The van der Waals surface area contributed by atoms with Crippen molar-refractivity contribution in [3.8, 4) is 6.01 Å². The second-order valence-electron chi connectivity index (χ2n) is 2.95. The van der Waals surface area contributed by atoms with Crippen LogP contribution in [0.4, 0.5) is 4.79 Å². The number of nitrogens with one attached hydrogen (secondary N) is 1. The Morgan fingerprint density at radius 2 is 2.46 bits per heavy atom. The SMILES string of the molecule is CC(C)COC(=O)Oc1ncc[nH]1. The lowest BCUT2D eigenvalue weighted by Crippen LogP contribution is -2.14. The summed E-state index contributed by atoms with van der Waals surface area (Å²) in [4.78, 5) is 17.2. The fourth-order valence-electron chi connectivity index (χ4n) is 0.650. The highest BCUT2D eigenvalue weighted by Gasteiger charge is 2.07. The van der Waals surface area contributed by atoms with Gasteiger partial charge in [0.15, 0.2) is 0 Å². The minimum Gasteiger partial charge on any atom is -0.434 e. The summed E-state index contributed by atoms with van der Waals surface area (Å²) in [6.45, 7) is 4.24. The molecule has 0 aliphatic heterocycles. The summed E-state index contributed by atoms with van der Waals surface area (Å²) < 4.78 is 9.43. The number of H-pyrrole nitrogens is 1. The molecule has 5 heteroatoms. The van der Waals surface area contributed by atoms with Gasteiger partial charge in [-0.25, -0.2) is 9.78 Å². The van der Waals surface area contributed by atoms with Crippen molar-refractivity contribution in [1.82, 2.24) is 9.97 Å². The number of hydrogen-bond acceptors (Lipinski definition) is 4. The molecule has 0 bridgehead atoms. The number of carbonyl (C=O) groups is 1. The van der Waals surface area contributed by atoms with Crippen LogP contribution in [0.15, 0.2) is 12.4 Å². The predicted octanol–water partition coefficient (Wildman–Crippen LogP) is 1.58. The molecule has 1 N–H and O–H groups in total. The van der Waals surface area contributed by atoms with E-state index in [1.807, 2.05) is 13.8 Å². The molecular formula is C8H12N2O3. The van der Waals surface area contributed by atoms with Crippen LogP contribution >= 0.6 is 0 Å². The second kappa shape index (κ2) is 4.49. The zero-order valence-electron chi connectivity index (χ0n) is 7.61. The Morgan fingerprint density at radius 1 is 1.69 bits per heavy atom. The van der Waals surface area contributed by atoms with Crippen LogP contribution in [-0.2, 0) is 4.74 Å². The topological polar surface area (TPSA) is 64.2 Å². The number of hydrogen-bond donors (Lipinski definition) is 1. The Bertz CT molecular complexity index is 256. The fourth-order valence-corrected chi connectivity index (χ4v) is 0.650. The average Bonchev–Trinajstić information content (AvgIpc) is 2.53. The van der Waals surface area contributed by atoms with Crippen molar-refractivity contribution in [3.63, 3.8) is 0 Å². The lowest BCUT2D eigenvalue weighted by atomic mass is 10.2. The van der Waals surface area contributed by atoms with Gasteiger partial charge in [-0.3, -0.25) is 0 Å². The average molecular weight is 184 g/mol. The summed E-state index contributed by atoms with van der Waals surface area (Å²) in [5, 5.41) is 0. The zero-order valence-corrected chi connectivity index (χ0v) is 7.61. The van der Waals surface area contributed by atoms with Gasteiger partial charge in [-0.05, 0) is 5.92 Å². The van der Waals surface area contributed by atoms with Crippen molar-refractivity contribution in [2.75, 3.05) is 6.61 Å². The maximum Gasteiger partial charge on any atom is 0.516 e. The number of ether oxygens (including phenoxy) is 2. The summed E-state index contributed by atoms with van der Waals surface area (Å²) in [5.74, 6) is 0.296. The van der Waals surface area contributed by atoms with Crippen LogP contribution in [0.2, 0.25) is 0 Å². The van der Waals surface area contributed by atoms with Crippen molar-refractivity contribution in [2.24, 2.45) is 5.92 Å². The number of nitrogens with zero attached hydrogens (tertiary/aromatic N) is 1. The molecule has 72 valence electrons. The van der Waals surface area contributed by atoms with Gasteiger partial charge in [0, 0.05) is 12.4 Å². The molecule has 0 aromatic carbocycles. The fraction of sp³-hybridized carbons (Fsp3) is 0.500. The van der Waals surface area contributed by atoms with Crippen LogP contribution < -0.4 is 4.74 Å². The smallest absolute Gasteiger partial charge is 0.434 e. The van der Waals surface area contributed by atoms with E-state index in [-0.39, 0.29) is 6.01 Å². The van der Waals surface area contributed by atoms with Crippen molar-refractivity contribution in [1.29, 1.82) is 0 Å². The highest BCUT2D eigenvalue weighted by atomic mass is 16.7. The van der Waals surface area contributed by atoms with Crippen molar-refractivity contribution >= 4 is 6.16 Å². The van der Waals surface area contributed by atoms with E-state index in [2.05, 4.69) is 14.7 Å². The second-order valence-corrected chi connectivity index (χ2v) is 2.95. The first-order valence-electron chi connectivity index (χ1n) is 4.02. The maximum absolute atomic E-state index is 10.9. The van der Waals surface area contributed by atoms with Gasteiger partial charge in [-0.2, -0.15) is 0 Å². The first-order chi connectivity index (χ1) is 6.18. The number of aromatic nitrogens is 2. The molecule has 1 rings (SSSR count). The first kappa shape index (κ1) is 9.57. The number of carbonyl (C=O) groups excluding carboxylic acids is 1. The largest absolute Gasteiger partial charge is 0.516 e. The molecule has 13 heavy (non-hydrogen) atoms. The van der Waals surface area contributed by atoms with E-state index in [0.717, 1.165) is 0 Å². The van der Waals surface area contributed by atoms with Gasteiger partial charge in [0.1, 0.15) is 0 Å². The van der Waals surface area contributed by atoms with Crippen LogP contribution in [0.1, 0.15) is 13.8 Å². The van der Waals surface area contributed by atoms with Crippen LogP contribution in [0, 0.1) is 5.92 Å². The van der Waals surface area contributed by atoms with E-state index in [0.29, 0.717) is 12.5 Å². The number of aromatic amines is 1. The summed E-state index contributed by atoms with van der Waals surface area (Å²) in [7, 11) is 0. The van der Waals surface area contributed by atoms with E-state index < -0.39 is 6.16 Å². The van der Waals surface area contributed by atoms with Crippen molar-refractivity contribution in [3.05, 3.63) is 12.4 Å². The molecule has 0 radical (unpaired) electrons. The van der Waals surface area contributed by atoms with Crippen LogP contribution in [0.5, 0.6) is 6.01 Å². The summed E-state index contributed by atoms with van der Waals surface area (Å²) in [6.07, 6.45) is 2.32. The van der Waals surface area contributed by atoms with Gasteiger partial charge >= 0.3 is 12.2 Å². The highest BCUT2D eigenvalue weighted by Crippen LogP contribution is 2.01. The molecule has 0 aliphatic carbocycles. The molecule has 1 heterocycles. The quantitative estimate of drug-likeness (QED) is 0.724. The van der Waals surface area contributed by atoms with Crippen LogP contribution in [0.25, 0.3) is 0 Å². The normalized spacial score (nSPS) is 10.1. The lowest BCUT2D eigenvalue weighted by Gasteiger charge is -2.05.